The molecule has 2 atom stereocenters. The van der Waals surface area contributed by atoms with Gasteiger partial charge in [-0.05, 0) is 63.1 Å². The van der Waals surface area contributed by atoms with Crippen molar-refractivity contribution in [3.63, 3.8) is 0 Å². The molecule has 2 aromatic carbocycles. The molecule has 2 rings (SSSR count). The summed E-state index contributed by atoms with van der Waals surface area (Å²) >= 11 is 0. The molecule has 0 bridgehead atoms. The molecule has 0 aromatic heterocycles. The van der Waals surface area contributed by atoms with Crippen LogP contribution in [0, 0.1) is 0 Å². The van der Waals surface area contributed by atoms with Crippen molar-refractivity contribution in [2.75, 3.05) is 17.2 Å². The van der Waals surface area contributed by atoms with Crippen LogP contribution < -0.4 is 20.1 Å². The number of hydrogen-bond donors (Lipinski definition) is 2. The van der Waals surface area contributed by atoms with E-state index in [4.69, 9.17) is 9.47 Å². The van der Waals surface area contributed by atoms with Crippen molar-refractivity contribution in [2.45, 2.75) is 52.7 Å². The number of nitrogens with one attached hydrogen (secondary N) is 2. The SMILES string of the molecule is CCC(C)Oc1ccc(NC(=O)CNc2cccc(OC(C)CC)c2)cc1. The highest BCUT2D eigenvalue weighted by molar-refractivity contribution is 5.93. The van der Waals surface area contributed by atoms with E-state index in [0.29, 0.717) is 0 Å². The van der Waals surface area contributed by atoms with Crippen LogP contribution in [0.15, 0.2) is 48.5 Å². The molecule has 2 aromatic rings. The van der Waals surface area contributed by atoms with Crippen LogP contribution in [0.5, 0.6) is 11.5 Å². The molecule has 0 aliphatic carbocycles. The standard InChI is InChI=1S/C22H30N2O3/c1-5-16(3)26-20-12-10-18(11-13-20)24-22(25)15-23-19-8-7-9-21(14-19)27-17(4)6-2/h7-14,16-17,23H,5-6,15H2,1-4H3,(H,24,25). The van der Waals surface area contributed by atoms with Gasteiger partial charge in [-0.1, -0.05) is 19.9 Å². The van der Waals surface area contributed by atoms with E-state index in [1.165, 1.54) is 0 Å². The fourth-order valence-corrected chi connectivity index (χ4v) is 2.32. The van der Waals surface area contributed by atoms with Crippen LogP contribution in [0.3, 0.4) is 0 Å². The Hall–Kier alpha value is -2.69. The minimum Gasteiger partial charge on any atom is -0.491 e. The lowest BCUT2D eigenvalue weighted by Gasteiger charge is -2.14. The average Bonchev–Trinajstić information content (AvgIpc) is 2.68. The van der Waals surface area contributed by atoms with Crippen molar-refractivity contribution < 1.29 is 14.3 Å². The second kappa shape index (κ2) is 10.5. The molecule has 0 aliphatic rings. The predicted molar refractivity (Wildman–Crippen MR) is 111 cm³/mol. The zero-order valence-electron chi connectivity index (χ0n) is 16.6. The summed E-state index contributed by atoms with van der Waals surface area (Å²) in [7, 11) is 0. The van der Waals surface area contributed by atoms with Crippen molar-refractivity contribution in [1.29, 1.82) is 0 Å². The summed E-state index contributed by atoms with van der Waals surface area (Å²) in [5.41, 5.74) is 1.59. The van der Waals surface area contributed by atoms with Crippen LogP contribution in [0.25, 0.3) is 0 Å². The largest absolute Gasteiger partial charge is 0.491 e. The predicted octanol–water partition coefficient (Wildman–Crippen LogP) is 5.09. The summed E-state index contributed by atoms with van der Waals surface area (Å²) in [6, 6.07) is 15.1. The number of anilines is 2. The molecule has 146 valence electrons. The third-order valence-corrected chi connectivity index (χ3v) is 4.25. The van der Waals surface area contributed by atoms with Gasteiger partial charge in [-0.15, -0.1) is 0 Å². The average molecular weight is 370 g/mol. The first-order valence-corrected chi connectivity index (χ1v) is 9.57. The Bertz CT molecular complexity index is 716. The van der Waals surface area contributed by atoms with Gasteiger partial charge < -0.3 is 20.1 Å². The fraction of sp³-hybridized carbons (Fsp3) is 0.409. The highest BCUT2D eigenvalue weighted by atomic mass is 16.5. The van der Waals surface area contributed by atoms with Gasteiger partial charge in [-0.2, -0.15) is 0 Å². The summed E-state index contributed by atoms with van der Waals surface area (Å²) in [6.07, 6.45) is 2.24. The number of rotatable bonds is 10. The van der Waals surface area contributed by atoms with E-state index < -0.39 is 0 Å². The molecule has 5 heteroatoms. The molecule has 0 heterocycles. The van der Waals surface area contributed by atoms with Crippen molar-refractivity contribution in [3.8, 4) is 11.5 Å². The van der Waals surface area contributed by atoms with Gasteiger partial charge in [0.05, 0.1) is 18.8 Å². The summed E-state index contributed by atoms with van der Waals surface area (Å²) in [5, 5.41) is 6.00. The lowest BCUT2D eigenvalue weighted by Crippen LogP contribution is -2.21. The van der Waals surface area contributed by atoms with E-state index in [2.05, 4.69) is 24.5 Å². The van der Waals surface area contributed by atoms with E-state index in [-0.39, 0.29) is 24.7 Å². The third-order valence-electron chi connectivity index (χ3n) is 4.25. The second-order valence-electron chi connectivity index (χ2n) is 6.63. The molecule has 27 heavy (non-hydrogen) atoms. The first-order valence-electron chi connectivity index (χ1n) is 9.57. The molecule has 0 radical (unpaired) electrons. The van der Waals surface area contributed by atoms with Gasteiger partial charge in [0.25, 0.3) is 0 Å². The quantitative estimate of drug-likeness (QED) is 0.611. The van der Waals surface area contributed by atoms with E-state index in [1.54, 1.807) is 0 Å². The number of amides is 1. The van der Waals surface area contributed by atoms with Gasteiger partial charge >= 0.3 is 0 Å². The topological polar surface area (TPSA) is 59.6 Å². The maximum atomic E-state index is 12.2. The number of ether oxygens (including phenoxy) is 2. The van der Waals surface area contributed by atoms with Crippen LogP contribution in [-0.4, -0.2) is 24.7 Å². The smallest absolute Gasteiger partial charge is 0.243 e. The Labute approximate surface area is 162 Å². The Morgan fingerprint density at radius 2 is 1.52 bits per heavy atom. The Kier molecular flexibility index (Phi) is 7.99. The molecule has 0 saturated heterocycles. The molecule has 2 N–H and O–H groups in total. The van der Waals surface area contributed by atoms with Crippen LogP contribution in [-0.2, 0) is 4.79 Å². The molecule has 5 nitrogen and oxygen atoms in total. The summed E-state index contributed by atoms with van der Waals surface area (Å²) in [4.78, 5) is 12.2. The number of benzene rings is 2. The third kappa shape index (κ3) is 7.21. The normalized spacial score (nSPS) is 12.7. The van der Waals surface area contributed by atoms with Gasteiger partial charge in [0.1, 0.15) is 11.5 Å². The lowest BCUT2D eigenvalue weighted by molar-refractivity contribution is -0.114. The maximum Gasteiger partial charge on any atom is 0.243 e. The molecule has 0 saturated carbocycles. The minimum atomic E-state index is -0.112. The minimum absolute atomic E-state index is 0.112. The fourth-order valence-electron chi connectivity index (χ4n) is 2.32. The summed E-state index contributed by atoms with van der Waals surface area (Å²) in [6.45, 7) is 8.41. The zero-order chi connectivity index (χ0) is 19.6. The van der Waals surface area contributed by atoms with Crippen LogP contribution in [0.4, 0.5) is 11.4 Å². The van der Waals surface area contributed by atoms with E-state index in [1.807, 2.05) is 62.4 Å². The van der Waals surface area contributed by atoms with E-state index in [9.17, 15) is 4.79 Å². The van der Waals surface area contributed by atoms with Gasteiger partial charge in [-0.3, -0.25) is 4.79 Å². The highest BCUT2D eigenvalue weighted by Gasteiger charge is 2.06. The van der Waals surface area contributed by atoms with Crippen molar-refractivity contribution >= 4 is 17.3 Å². The molecule has 1 amide bonds. The molecule has 0 aliphatic heterocycles. The van der Waals surface area contributed by atoms with Gasteiger partial charge in [0, 0.05) is 17.4 Å². The zero-order valence-corrected chi connectivity index (χ0v) is 16.6. The molecular formula is C22H30N2O3. The van der Waals surface area contributed by atoms with E-state index >= 15 is 0 Å². The number of carbonyl (C=O) groups excluding carboxylic acids is 1. The highest BCUT2D eigenvalue weighted by Crippen LogP contribution is 2.20. The van der Waals surface area contributed by atoms with Crippen LogP contribution >= 0.6 is 0 Å². The van der Waals surface area contributed by atoms with Gasteiger partial charge in [-0.25, -0.2) is 0 Å². The molecule has 0 fully saturated rings. The van der Waals surface area contributed by atoms with Crippen LogP contribution in [0.2, 0.25) is 0 Å². The van der Waals surface area contributed by atoms with Crippen molar-refractivity contribution in [2.24, 2.45) is 0 Å². The second-order valence-corrected chi connectivity index (χ2v) is 6.63. The van der Waals surface area contributed by atoms with Gasteiger partial charge in [0.15, 0.2) is 0 Å². The van der Waals surface area contributed by atoms with Crippen molar-refractivity contribution in [1.82, 2.24) is 0 Å². The first-order chi connectivity index (χ1) is 13.0. The Morgan fingerprint density at radius 3 is 2.15 bits per heavy atom. The van der Waals surface area contributed by atoms with Crippen LogP contribution in [0.1, 0.15) is 40.5 Å². The number of carbonyl (C=O) groups is 1. The maximum absolute atomic E-state index is 12.2. The summed E-state index contributed by atoms with van der Waals surface area (Å²) < 4.78 is 11.5. The Balaban J connectivity index is 1.83. The van der Waals surface area contributed by atoms with Gasteiger partial charge in [0.2, 0.25) is 5.91 Å². The van der Waals surface area contributed by atoms with Crippen molar-refractivity contribution in [3.05, 3.63) is 48.5 Å². The van der Waals surface area contributed by atoms with E-state index in [0.717, 1.165) is 35.7 Å². The summed E-state index contributed by atoms with van der Waals surface area (Å²) in [5.74, 6) is 1.49. The molecule has 2 unspecified atom stereocenters. The molecule has 0 spiro atoms. The first kappa shape index (κ1) is 20.6. The number of hydrogen-bond acceptors (Lipinski definition) is 4. The Morgan fingerprint density at radius 1 is 0.889 bits per heavy atom. The lowest BCUT2D eigenvalue weighted by atomic mass is 10.2. The molecular weight excluding hydrogens is 340 g/mol. The monoisotopic (exact) mass is 370 g/mol.